The van der Waals surface area contributed by atoms with Crippen molar-refractivity contribution in [2.45, 2.75) is 20.8 Å². The van der Waals surface area contributed by atoms with Crippen LogP contribution in [0.1, 0.15) is 29.2 Å². The van der Waals surface area contributed by atoms with Crippen molar-refractivity contribution in [3.05, 3.63) is 35.0 Å². The number of aryl methyl sites for hydroxylation is 1. The third-order valence-corrected chi connectivity index (χ3v) is 6.18. The van der Waals surface area contributed by atoms with E-state index in [2.05, 4.69) is 14.9 Å². The van der Waals surface area contributed by atoms with Gasteiger partial charge in [0.2, 0.25) is 5.91 Å². The van der Waals surface area contributed by atoms with E-state index >= 15 is 0 Å². The molecule has 0 N–H and O–H groups in total. The molecule has 1 saturated heterocycles. The van der Waals surface area contributed by atoms with Crippen LogP contribution in [0.4, 0.5) is 0 Å². The molecule has 1 aliphatic rings. The Kier molecular flexibility index (Phi) is 6.74. The molecule has 150 valence electrons. The molecule has 0 saturated carbocycles. The molecule has 8 heteroatoms. The molecular formula is C20H27N5O2S. The number of aromatic nitrogens is 2. The first kappa shape index (κ1) is 20.4. The van der Waals surface area contributed by atoms with Crippen molar-refractivity contribution in [1.82, 2.24) is 24.7 Å². The Bertz CT molecular complexity index is 811. The van der Waals surface area contributed by atoms with Crippen molar-refractivity contribution in [1.29, 1.82) is 0 Å². The number of rotatable bonds is 6. The van der Waals surface area contributed by atoms with E-state index in [1.807, 2.05) is 48.8 Å². The van der Waals surface area contributed by atoms with Gasteiger partial charge in [-0.25, -0.2) is 4.98 Å². The fourth-order valence-electron chi connectivity index (χ4n) is 3.31. The van der Waals surface area contributed by atoms with Gasteiger partial charge in [-0.05, 0) is 32.9 Å². The Morgan fingerprint density at radius 2 is 1.86 bits per heavy atom. The standard InChI is InChI=1S/C20H27N5O2S/c1-4-24(5-2)17(26)14-23-10-12-25(13-11-23)20(27)18-15(3)22-19(28-18)16-8-6-7-9-21-16/h6-9H,4-5,10-14H2,1-3H3. The zero-order valence-corrected chi connectivity index (χ0v) is 17.5. The lowest BCUT2D eigenvalue weighted by Gasteiger charge is -2.35. The van der Waals surface area contributed by atoms with Crippen LogP contribution >= 0.6 is 11.3 Å². The monoisotopic (exact) mass is 401 g/mol. The van der Waals surface area contributed by atoms with Crippen LogP contribution in [0.3, 0.4) is 0 Å². The third kappa shape index (κ3) is 4.56. The van der Waals surface area contributed by atoms with Crippen LogP contribution in [-0.4, -0.2) is 82.3 Å². The quantitative estimate of drug-likeness (QED) is 0.742. The number of nitrogens with zero attached hydrogens (tertiary/aromatic N) is 5. The van der Waals surface area contributed by atoms with Gasteiger partial charge in [-0.2, -0.15) is 0 Å². The van der Waals surface area contributed by atoms with E-state index in [1.54, 1.807) is 6.20 Å². The predicted molar refractivity (Wildman–Crippen MR) is 110 cm³/mol. The van der Waals surface area contributed by atoms with E-state index < -0.39 is 0 Å². The highest BCUT2D eigenvalue weighted by Gasteiger charge is 2.27. The molecule has 2 amide bonds. The molecule has 2 aromatic heterocycles. The maximum Gasteiger partial charge on any atom is 0.265 e. The summed E-state index contributed by atoms with van der Waals surface area (Å²) in [5, 5.41) is 0.768. The Morgan fingerprint density at radius 3 is 2.46 bits per heavy atom. The average molecular weight is 402 g/mol. The summed E-state index contributed by atoms with van der Waals surface area (Å²) in [4.78, 5) is 40.6. The van der Waals surface area contributed by atoms with Gasteiger partial charge in [0.1, 0.15) is 9.88 Å². The number of carbonyl (C=O) groups excluding carboxylic acids is 2. The van der Waals surface area contributed by atoms with Gasteiger partial charge >= 0.3 is 0 Å². The Labute approximate surface area is 170 Å². The topological polar surface area (TPSA) is 69.6 Å². The van der Waals surface area contributed by atoms with Crippen LogP contribution in [0.25, 0.3) is 10.7 Å². The van der Waals surface area contributed by atoms with Crippen molar-refractivity contribution in [2.75, 3.05) is 45.8 Å². The van der Waals surface area contributed by atoms with Crippen LogP contribution in [-0.2, 0) is 4.79 Å². The smallest absolute Gasteiger partial charge is 0.265 e. The highest BCUT2D eigenvalue weighted by Crippen LogP contribution is 2.27. The summed E-state index contributed by atoms with van der Waals surface area (Å²) in [5.74, 6) is 0.176. The van der Waals surface area contributed by atoms with Crippen LogP contribution in [0.15, 0.2) is 24.4 Å². The number of piperazine rings is 1. The SMILES string of the molecule is CCN(CC)C(=O)CN1CCN(C(=O)c2sc(-c3ccccn3)nc2C)CC1. The minimum absolute atomic E-state index is 0.0203. The summed E-state index contributed by atoms with van der Waals surface area (Å²) < 4.78 is 0. The van der Waals surface area contributed by atoms with Crippen molar-refractivity contribution in [3.8, 4) is 10.7 Å². The molecule has 0 aliphatic carbocycles. The molecule has 3 heterocycles. The second-order valence-electron chi connectivity index (χ2n) is 6.78. The van der Waals surface area contributed by atoms with Crippen LogP contribution < -0.4 is 0 Å². The summed E-state index contributed by atoms with van der Waals surface area (Å²) >= 11 is 1.40. The van der Waals surface area contributed by atoms with E-state index in [9.17, 15) is 9.59 Å². The minimum atomic E-state index is 0.0203. The van der Waals surface area contributed by atoms with Crippen molar-refractivity contribution in [3.63, 3.8) is 0 Å². The number of amides is 2. The number of thiazole rings is 1. The van der Waals surface area contributed by atoms with Gasteiger partial charge in [0.25, 0.3) is 5.91 Å². The number of carbonyl (C=O) groups is 2. The Hall–Kier alpha value is -2.32. The molecule has 0 aromatic carbocycles. The molecule has 1 fully saturated rings. The zero-order chi connectivity index (χ0) is 20.1. The van der Waals surface area contributed by atoms with Crippen LogP contribution in [0.5, 0.6) is 0 Å². The van der Waals surface area contributed by atoms with Gasteiger partial charge in [0.15, 0.2) is 0 Å². The first-order chi connectivity index (χ1) is 13.5. The zero-order valence-electron chi connectivity index (χ0n) is 16.7. The van der Waals surface area contributed by atoms with Gasteiger partial charge in [-0.3, -0.25) is 19.5 Å². The number of hydrogen-bond donors (Lipinski definition) is 0. The van der Waals surface area contributed by atoms with Gasteiger partial charge < -0.3 is 9.80 Å². The lowest BCUT2D eigenvalue weighted by Crippen LogP contribution is -2.51. The van der Waals surface area contributed by atoms with Gasteiger partial charge in [0, 0.05) is 45.5 Å². The Balaban J connectivity index is 1.60. The Morgan fingerprint density at radius 1 is 1.14 bits per heavy atom. The van der Waals surface area contributed by atoms with E-state index in [0.29, 0.717) is 37.6 Å². The number of hydrogen-bond acceptors (Lipinski definition) is 6. The van der Waals surface area contributed by atoms with Gasteiger partial charge in [-0.1, -0.05) is 6.07 Å². The van der Waals surface area contributed by atoms with Gasteiger partial charge in [-0.15, -0.1) is 11.3 Å². The van der Waals surface area contributed by atoms with Crippen molar-refractivity contribution >= 4 is 23.2 Å². The molecule has 1 aliphatic heterocycles. The fourth-order valence-corrected chi connectivity index (χ4v) is 4.32. The molecule has 0 unspecified atom stereocenters. The number of pyridine rings is 1. The molecule has 0 spiro atoms. The summed E-state index contributed by atoms with van der Waals surface area (Å²) in [6.45, 7) is 10.4. The van der Waals surface area contributed by atoms with Crippen molar-refractivity contribution in [2.24, 2.45) is 0 Å². The van der Waals surface area contributed by atoms with E-state index in [1.165, 1.54) is 11.3 Å². The summed E-state index contributed by atoms with van der Waals surface area (Å²) in [6.07, 6.45) is 1.73. The summed E-state index contributed by atoms with van der Waals surface area (Å²) in [7, 11) is 0. The second kappa shape index (κ2) is 9.25. The average Bonchev–Trinajstić information content (AvgIpc) is 3.11. The van der Waals surface area contributed by atoms with E-state index in [-0.39, 0.29) is 11.8 Å². The summed E-state index contributed by atoms with van der Waals surface area (Å²) in [5.41, 5.74) is 1.53. The number of likely N-dealkylation sites (N-methyl/N-ethyl adjacent to an activating group) is 1. The fraction of sp³-hybridized carbons (Fsp3) is 0.500. The molecule has 0 atom stereocenters. The lowest BCUT2D eigenvalue weighted by molar-refractivity contribution is -0.132. The largest absolute Gasteiger partial charge is 0.342 e. The van der Waals surface area contributed by atoms with Crippen molar-refractivity contribution < 1.29 is 9.59 Å². The van der Waals surface area contributed by atoms with E-state index in [4.69, 9.17) is 0 Å². The first-order valence-electron chi connectivity index (χ1n) is 9.71. The molecule has 2 aromatic rings. The molecule has 0 bridgehead atoms. The second-order valence-corrected chi connectivity index (χ2v) is 7.78. The van der Waals surface area contributed by atoms with Crippen LogP contribution in [0, 0.1) is 6.92 Å². The molecule has 3 rings (SSSR count). The van der Waals surface area contributed by atoms with Gasteiger partial charge in [0.05, 0.1) is 17.9 Å². The normalized spacial score (nSPS) is 14.9. The third-order valence-electron chi connectivity index (χ3n) is 5.01. The van der Waals surface area contributed by atoms with Crippen LogP contribution in [0.2, 0.25) is 0 Å². The first-order valence-corrected chi connectivity index (χ1v) is 10.5. The predicted octanol–water partition coefficient (Wildman–Crippen LogP) is 2.14. The highest BCUT2D eigenvalue weighted by atomic mass is 32.1. The van der Waals surface area contributed by atoms with E-state index in [0.717, 1.165) is 29.5 Å². The lowest BCUT2D eigenvalue weighted by atomic mass is 10.2. The molecule has 7 nitrogen and oxygen atoms in total. The maximum atomic E-state index is 13.0. The molecular weight excluding hydrogens is 374 g/mol. The highest BCUT2D eigenvalue weighted by molar-refractivity contribution is 7.17. The molecule has 28 heavy (non-hydrogen) atoms. The summed E-state index contributed by atoms with van der Waals surface area (Å²) in [6, 6.07) is 5.68. The molecule has 0 radical (unpaired) electrons. The maximum absolute atomic E-state index is 13.0. The minimum Gasteiger partial charge on any atom is -0.342 e.